The quantitative estimate of drug-likeness (QED) is 0.782. The van der Waals surface area contributed by atoms with Gasteiger partial charge in [0.25, 0.3) is 5.91 Å². The van der Waals surface area contributed by atoms with Crippen molar-refractivity contribution in [3.63, 3.8) is 0 Å². The Labute approximate surface area is 153 Å². The molecule has 0 aromatic heterocycles. The number of carbonyl (C=O) groups excluding carboxylic acids is 1. The second-order valence-electron chi connectivity index (χ2n) is 6.93. The summed E-state index contributed by atoms with van der Waals surface area (Å²) < 4.78 is 6.81. The average Bonchev–Trinajstić information content (AvgIpc) is 3.14. The van der Waals surface area contributed by atoms with Crippen LogP contribution < -0.4 is 0 Å². The molecule has 2 fully saturated rings. The zero-order valence-electron chi connectivity index (χ0n) is 14.6. The topological polar surface area (TPSA) is 32.8 Å². The van der Waals surface area contributed by atoms with E-state index in [1.165, 1.54) is 12.8 Å². The Balaban J connectivity index is 1.80. The molecule has 1 aromatic carbocycles. The van der Waals surface area contributed by atoms with Gasteiger partial charge in [0.2, 0.25) is 0 Å². The van der Waals surface area contributed by atoms with Crippen LogP contribution in [-0.2, 0) is 4.74 Å². The van der Waals surface area contributed by atoms with Crippen LogP contribution in [0.1, 0.15) is 42.5 Å². The van der Waals surface area contributed by atoms with Crippen LogP contribution in [0, 0.1) is 0 Å². The minimum absolute atomic E-state index is 0.105. The van der Waals surface area contributed by atoms with Crippen molar-refractivity contribution in [2.45, 2.75) is 50.3 Å². The molecule has 3 rings (SSSR count). The number of methoxy groups -OCH3 is 1. The number of likely N-dealkylation sites (N-methyl/N-ethyl adjacent to an activating group) is 1. The van der Waals surface area contributed by atoms with Crippen LogP contribution in [0.4, 0.5) is 0 Å². The molecule has 0 spiro atoms. The number of nitrogens with zero attached hydrogens (tertiary/aromatic N) is 2. The summed E-state index contributed by atoms with van der Waals surface area (Å²) in [5.41, 5.74) is 0.750. The number of amides is 1. The molecular formula is C19H27BrN2O2. The molecule has 132 valence electrons. The van der Waals surface area contributed by atoms with E-state index in [0.717, 1.165) is 42.4 Å². The lowest BCUT2D eigenvalue weighted by Crippen LogP contribution is -2.59. The Bertz CT molecular complexity index is 555. The van der Waals surface area contributed by atoms with E-state index < -0.39 is 0 Å². The molecule has 1 aromatic rings. The predicted octanol–water partition coefficient (Wildman–Crippen LogP) is 3.55. The van der Waals surface area contributed by atoms with Crippen molar-refractivity contribution in [2.75, 3.05) is 27.2 Å². The van der Waals surface area contributed by atoms with Crippen molar-refractivity contribution in [3.05, 3.63) is 34.3 Å². The molecule has 4 nitrogen and oxygen atoms in total. The van der Waals surface area contributed by atoms with E-state index in [-0.39, 0.29) is 18.1 Å². The fourth-order valence-corrected chi connectivity index (χ4v) is 4.53. The Morgan fingerprint density at radius 1 is 1.17 bits per heavy atom. The number of halogens is 1. The van der Waals surface area contributed by atoms with Crippen LogP contribution in [0.15, 0.2) is 28.7 Å². The maximum Gasteiger partial charge on any atom is 0.253 e. The first-order chi connectivity index (χ1) is 11.6. The largest absolute Gasteiger partial charge is 0.380 e. The zero-order valence-corrected chi connectivity index (χ0v) is 16.2. The number of hydrogen-bond donors (Lipinski definition) is 0. The molecular weight excluding hydrogens is 368 g/mol. The summed E-state index contributed by atoms with van der Waals surface area (Å²) in [4.78, 5) is 17.5. The highest BCUT2D eigenvalue weighted by Crippen LogP contribution is 2.31. The minimum Gasteiger partial charge on any atom is -0.380 e. The summed E-state index contributed by atoms with van der Waals surface area (Å²) >= 11 is 3.43. The predicted molar refractivity (Wildman–Crippen MR) is 99.3 cm³/mol. The van der Waals surface area contributed by atoms with Gasteiger partial charge in [-0.15, -0.1) is 0 Å². The molecule has 1 amide bonds. The first kappa shape index (κ1) is 17.9. The summed E-state index contributed by atoms with van der Waals surface area (Å²) in [6, 6.07) is 8.18. The van der Waals surface area contributed by atoms with Gasteiger partial charge in [-0.05, 0) is 69.5 Å². The number of likely N-dealkylation sites (tertiary alicyclic amines) is 1. The summed E-state index contributed by atoms with van der Waals surface area (Å²) in [6.07, 6.45) is 6.00. The molecule has 2 aliphatic rings. The van der Waals surface area contributed by atoms with E-state index in [1.54, 1.807) is 0 Å². The first-order valence-electron chi connectivity index (χ1n) is 8.91. The third-order valence-corrected chi connectivity index (χ3v) is 6.07. The average molecular weight is 395 g/mol. The summed E-state index contributed by atoms with van der Waals surface area (Å²) in [5, 5.41) is 0. The van der Waals surface area contributed by atoms with Crippen molar-refractivity contribution in [1.82, 2.24) is 9.80 Å². The minimum atomic E-state index is 0.105. The van der Waals surface area contributed by atoms with Gasteiger partial charge in [-0.1, -0.05) is 15.9 Å². The van der Waals surface area contributed by atoms with E-state index >= 15 is 0 Å². The standard InChI is InChI=1S/C19H27BrN2O2/c1-21(19(23)14-8-10-15(20)11-9-14)16-6-5-7-17(24-2)18(16)22-12-3-4-13-22/h8-11,16-18H,3-7,12-13H2,1-2H3/t16-,17-,18+/m1/s1. The Kier molecular flexibility index (Phi) is 5.95. The molecule has 1 aliphatic heterocycles. The summed E-state index contributed by atoms with van der Waals surface area (Å²) in [6.45, 7) is 2.25. The van der Waals surface area contributed by atoms with Crippen molar-refractivity contribution in [2.24, 2.45) is 0 Å². The van der Waals surface area contributed by atoms with Crippen LogP contribution in [0.25, 0.3) is 0 Å². The van der Waals surface area contributed by atoms with Gasteiger partial charge in [0.15, 0.2) is 0 Å². The van der Waals surface area contributed by atoms with Gasteiger partial charge in [-0.25, -0.2) is 0 Å². The number of hydrogen-bond acceptors (Lipinski definition) is 3. The monoisotopic (exact) mass is 394 g/mol. The molecule has 0 unspecified atom stereocenters. The van der Waals surface area contributed by atoms with Gasteiger partial charge >= 0.3 is 0 Å². The zero-order chi connectivity index (χ0) is 17.1. The fraction of sp³-hybridized carbons (Fsp3) is 0.632. The highest BCUT2D eigenvalue weighted by atomic mass is 79.9. The van der Waals surface area contributed by atoms with Crippen LogP contribution in [0.2, 0.25) is 0 Å². The third kappa shape index (κ3) is 3.68. The summed E-state index contributed by atoms with van der Waals surface area (Å²) in [7, 11) is 3.77. The SMILES string of the molecule is CO[C@@H]1CCC[C@@H](N(C)C(=O)c2ccc(Br)cc2)[C@@H]1N1CCCC1. The molecule has 0 radical (unpaired) electrons. The van der Waals surface area contributed by atoms with Gasteiger partial charge in [-0.2, -0.15) is 0 Å². The van der Waals surface area contributed by atoms with Crippen molar-refractivity contribution >= 4 is 21.8 Å². The molecule has 0 N–H and O–H groups in total. The number of ether oxygens (including phenoxy) is 1. The van der Waals surface area contributed by atoms with Crippen LogP contribution in [-0.4, -0.2) is 61.1 Å². The van der Waals surface area contributed by atoms with Gasteiger partial charge in [-0.3, -0.25) is 9.69 Å². The lowest BCUT2D eigenvalue weighted by molar-refractivity contribution is -0.0388. The lowest BCUT2D eigenvalue weighted by Gasteiger charge is -2.46. The van der Waals surface area contributed by atoms with Crippen LogP contribution in [0.5, 0.6) is 0 Å². The molecule has 24 heavy (non-hydrogen) atoms. The second-order valence-corrected chi connectivity index (χ2v) is 7.84. The van der Waals surface area contributed by atoms with E-state index in [2.05, 4.69) is 20.8 Å². The number of rotatable bonds is 4. The van der Waals surface area contributed by atoms with E-state index in [1.807, 2.05) is 43.3 Å². The Morgan fingerprint density at radius 2 is 1.83 bits per heavy atom. The third-order valence-electron chi connectivity index (χ3n) is 5.54. The smallest absolute Gasteiger partial charge is 0.253 e. The van der Waals surface area contributed by atoms with Crippen molar-refractivity contribution in [3.8, 4) is 0 Å². The summed E-state index contributed by atoms with van der Waals surface area (Å²) in [5.74, 6) is 0.105. The highest BCUT2D eigenvalue weighted by molar-refractivity contribution is 9.10. The van der Waals surface area contributed by atoms with Crippen molar-refractivity contribution in [1.29, 1.82) is 0 Å². The Hall–Kier alpha value is -0.910. The van der Waals surface area contributed by atoms with Crippen LogP contribution >= 0.6 is 15.9 Å². The van der Waals surface area contributed by atoms with E-state index in [4.69, 9.17) is 4.74 Å². The van der Waals surface area contributed by atoms with Gasteiger partial charge in [0.1, 0.15) is 0 Å². The maximum absolute atomic E-state index is 13.0. The first-order valence-corrected chi connectivity index (χ1v) is 9.70. The normalized spacial score (nSPS) is 28.0. The second kappa shape index (κ2) is 7.98. The molecule has 1 aliphatic carbocycles. The molecule has 3 atom stereocenters. The molecule has 0 bridgehead atoms. The van der Waals surface area contributed by atoms with E-state index in [0.29, 0.717) is 6.04 Å². The molecule has 5 heteroatoms. The van der Waals surface area contributed by atoms with Crippen molar-refractivity contribution < 1.29 is 9.53 Å². The van der Waals surface area contributed by atoms with Gasteiger partial charge < -0.3 is 9.64 Å². The van der Waals surface area contributed by atoms with Gasteiger partial charge in [0.05, 0.1) is 12.1 Å². The highest BCUT2D eigenvalue weighted by Gasteiger charge is 2.41. The lowest BCUT2D eigenvalue weighted by atomic mass is 9.85. The molecule has 1 heterocycles. The molecule has 1 saturated carbocycles. The Morgan fingerprint density at radius 3 is 2.46 bits per heavy atom. The fourth-order valence-electron chi connectivity index (χ4n) is 4.26. The van der Waals surface area contributed by atoms with Crippen LogP contribution in [0.3, 0.4) is 0 Å². The number of benzene rings is 1. The molecule has 1 saturated heterocycles. The van der Waals surface area contributed by atoms with Gasteiger partial charge in [0, 0.05) is 30.2 Å². The maximum atomic E-state index is 13.0. The van der Waals surface area contributed by atoms with E-state index in [9.17, 15) is 4.79 Å². The number of carbonyl (C=O) groups is 1.